The first-order valence-electron chi connectivity index (χ1n) is 7.76. The fourth-order valence-electron chi connectivity index (χ4n) is 3.10. The van der Waals surface area contributed by atoms with Gasteiger partial charge >= 0.3 is 5.97 Å². The van der Waals surface area contributed by atoms with Crippen molar-refractivity contribution in [1.82, 2.24) is 9.47 Å². The maximum atomic E-state index is 12.9. The number of ether oxygens (including phenoxy) is 1. The summed E-state index contributed by atoms with van der Waals surface area (Å²) in [6.45, 7) is 5.05. The molecule has 1 aliphatic rings. The fraction of sp³-hybridized carbons (Fsp3) is 0.412. The summed E-state index contributed by atoms with van der Waals surface area (Å²) in [5.74, 6) is -1.18. The lowest BCUT2D eigenvalue weighted by Crippen LogP contribution is -2.51. The second-order valence-electron chi connectivity index (χ2n) is 5.83. The predicted molar refractivity (Wildman–Crippen MR) is 85.5 cm³/mol. The predicted octanol–water partition coefficient (Wildman–Crippen LogP) is 1.98. The van der Waals surface area contributed by atoms with Gasteiger partial charge in [-0.25, -0.2) is 4.79 Å². The first-order chi connectivity index (χ1) is 11.0. The lowest BCUT2D eigenvalue weighted by molar-refractivity contribution is -0.160. The van der Waals surface area contributed by atoms with Gasteiger partial charge in [0.2, 0.25) is 0 Å². The minimum Gasteiger partial charge on any atom is -0.479 e. The number of carboxylic acid groups (broad SMARTS) is 1. The normalized spacial score (nSPS) is 21.6. The Morgan fingerprint density at radius 3 is 2.74 bits per heavy atom. The number of para-hydroxylation sites is 1. The number of amides is 1. The molecule has 1 saturated heterocycles. The molecule has 0 spiro atoms. The lowest BCUT2D eigenvalue weighted by atomic mass is 10.1. The van der Waals surface area contributed by atoms with Gasteiger partial charge in [-0.15, -0.1) is 0 Å². The second kappa shape index (κ2) is 6.04. The SMILES string of the molecule is CCn1cc(C(=O)N2CC(C(=O)O)O[C@H](C)C2)c2ccccc21. The van der Waals surface area contributed by atoms with Gasteiger partial charge in [-0.3, -0.25) is 4.79 Å². The van der Waals surface area contributed by atoms with Crippen LogP contribution in [0.5, 0.6) is 0 Å². The van der Waals surface area contributed by atoms with E-state index in [-0.39, 0.29) is 18.6 Å². The average molecular weight is 316 g/mol. The number of morpholine rings is 1. The van der Waals surface area contributed by atoms with Crippen LogP contribution in [0, 0.1) is 0 Å². The Balaban J connectivity index is 1.95. The minimum absolute atomic E-state index is 0.0736. The lowest BCUT2D eigenvalue weighted by Gasteiger charge is -2.34. The molecule has 6 nitrogen and oxygen atoms in total. The van der Waals surface area contributed by atoms with Crippen molar-refractivity contribution in [1.29, 1.82) is 0 Å². The van der Waals surface area contributed by atoms with Gasteiger partial charge in [0.25, 0.3) is 5.91 Å². The van der Waals surface area contributed by atoms with Crippen LogP contribution in [0.2, 0.25) is 0 Å². The van der Waals surface area contributed by atoms with Crippen molar-refractivity contribution in [3.05, 3.63) is 36.0 Å². The zero-order chi connectivity index (χ0) is 16.6. The van der Waals surface area contributed by atoms with Crippen LogP contribution in [0.4, 0.5) is 0 Å². The van der Waals surface area contributed by atoms with E-state index in [1.807, 2.05) is 42.0 Å². The molecule has 2 aromatic rings. The number of hydrogen-bond donors (Lipinski definition) is 1. The molecule has 0 saturated carbocycles. The van der Waals surface area contributed by atoms with Crippen LogP contribution >= 0.6 is 0 Å². The number of carboxylic acids is 1. The van der Waals surface area contributed by atoms with Crippen molar-refractivity contribution in [2.24, 2.45) is 0 Å². The third kappa shape index (κ3) is 2.82. The summed E-state index contributed by atoms with van der Waals surface area (Å²) in [5.41, 5.74) is 1.62. The van der Waals surface area contributed by atoms with Crippen LogP contribution in [0.3, 0.4) is 0 Å². The Morgan fingerprint density at radius 1 is 1.30 bits per heavy atom. The summed E-state index contributed by atoms with van der Waals surface area (Å²) in [4.78, 5) is 25.7. The summed E-state index contributed by atoms with van der Waals surface area (Å²) in [7, 11) is 0. The molecule has 1 fully saturated rings. The van der Waals surface area contributed by atoms with Crippen LogP contribution in [-0.4, -0.2) is 51.7 Å². The number of aromatic nitrogens is 1. The molecule has 1 aliphatic heterocycles. The molecule has 1 amide bonds. The molecule has 2 atom stereocenters. The molecular weight excluding hydrogens is 296 g/mol. The maximum absolute atomic E-state index is 12.9. The molecule has 122 valence electrons. The van der Waals surface area contributed by atoms with E-state index in [1.165, 1.54) is 0 Å². The van der Waals surface area contributed by atoms with E-state index in [0.29, 0.717) is 12.1 Å². The smallest absolute Gasteiger partial charge is 0.334 e. The zero-order valence-electron chi connectivity index (χ0n) is 13.2. The maximum Gasteiger partial charge on any atom is 0.334 e. The minimum atomic E-state index is -1.04. The number of fused-ring (bicyclic) bond motifs is 1. The Hall–Kier alpha value is -2.34. The Morgan fingerprint density at radius 2 is 2.04 bits per heavy atom. The van der Waals surface area contributed by atoms with Crippen molar-refractivity contribution < 1.29 is 19.4 Å². The summed E-state index contributed by atoms with van der Waals surface area (Å²) >= 11 is 0. The van der Waals surface area contributed by atoms with Crippen LogP contribution in [0.25, 0.3) is 10.9 Å². The first kappa shape index (κ1) is 15.6. The number of aliphatic carboxylic acids is 1. The highest BCUT2D eigenvalue weighted by atomic mass is 16.5. The van der Waals surface area contributed by atoms with Crippen molar-refractivity contribution >= 4 is 22.8 Å². The molecule has 1 aromatic heterocycles. The largest absolute Gasteiger partial charge is 0.479 e. The van der Waals surface area contributed by atoms with E-state index in [2.05, 4.69) is 0 Å². The van der Waals surface area contributed by atoms with E-state index in [0.717, 1.165) is 17.4 Å². The van der Waals surface area contributed by atoms with Gasteiger partial charge in [-0.1, -0.05) is 18.2 Å². The summed E-state index contributed by atoms with van der Waals surface area (Å²) < 4.78 is 7.41. The van der Waals surface area contributed by atoms with Gasteiger partial charge in [-0.05, 0) is 19.9 Å². The van der Waals surface area contributed by atoms with Crippen molar-refractivity contribution in [3.8, 4) is 0 Å². The summed E-state index contributed by atoms with van der Waals surface area (Å²) in [5, 5.41) is 10.1. The molecule has 6 heteroatoms. The van der Waals surface area contributed by atoms with E-state index < -0.39 is 12.1 Å². The highest BCUT2D eigenvalue weighted by Crippen LogP contribution is 2.24. The molecule has 0 radical (unpaired) electrons. The topological polar surface area (TPSA) is 71.8 Å². The highest BCUT2D eigenvalue weighted by Gasteiger charge is 2.33. The number of hydrogen-bond acceptors (Lipinski definition) is 3. The third-order valence-corrected chi connectivity index (χ3v) is 4.18. The Labute approximate surface area is 134 Å². The van der Waals surface area contributed by atoms with Gasteiger partial charge in [0.1, 0.15) is 0 Å². The van der Waals surface area contributed by atoms with Gasteiger partial charge in [0, 0.05) is 30.2 Å². The fourth-order valence-corrected chi connectivity index (χ4v) is 3.10. The number of rotatable bonds is 3. The van der Waals surface area contributed by atoms with Crippen molar-refractivity contribution in [2.75, 3.05) is 13.1 Å². The van der Waals surface area contributed by atoms with Gasteiger partial charge < -0.3 is 19.3 Å². The van der Waals surface area contributed by atoms with Crippen LogP contribution < -0.4 is 0 Å². The standard InChI is InChI=1S/C17H20N2O4/c1-3-18-9-13(12-6-4-5-7-14(12)18)16(20)19-8-11(2)23-15(10-19)17(21)22/h4-7,9,11,15H,3,8,10H2,1-2H3,(H,21,22)/t11-,15?/m1/s1. The number of carbonyl (C=O) groups is 2. The summed E-state index contributed by atoms with van der Waals surface area (Å²) in [6, 6.07) is 7.76. The van der Waals surface area contributed by atoms with Gasteiger partial charge in [0.15, 0.2) is 6.10 Å². The second-order valence-corrected chi connectivity index (χ2v) is 5.83. The molecule has 2 heterocycles. The molecule has 0 bridgehead atoms. The quantitative estimate of drug-likeness (QED) is 0.940. The van der Waals surface area contributed by atoms with Crippen LogP contribution in [-0.2, 0) is 16.1 Å². The third-order valence-electron chi connectivity index (χ3n) is 4.18. The van der Waals surface area contributed by atoms with Gasteiger partial charge in [0.05, 0.1) is 18.2 Å². The number of carbonyl (C=O) groups excluding carboxylic acids is 1. The molecule has 0 aliphatic carbocycles. The highest BCUT2D eigenvalue weighted by molar-refractivity contribution is 6.07. The average Bonchev–Trinajstić information content (AvgIpc) is 2.92. The van der Waals surface area contributed by atoms with Crippen LogP contribution in [0.15, 0.2) is 30.5 Å². The number of aryl methyl sites for hydroxylation is 1. The monoisotopic (exact) mass is 316 g/mol. The molecule has 1 unspecified atom stereocenters. The van der Waals surface area contributed by atoms with Crippen LogP contribution in [0.1, 0.15) is 24.2 Å². The van der Waals surface area contributed by atoms with Gasteiger partial charge in [-0.2, -0.15) is 0 Å². The number of nitrogens with zero attached hydrogens (tertiary/aromatic N) is 2. The molecule has 23 heavy (non-hydrogen) atoms. The van der Waals surface area contributed by atoms with E-state index in [1.54, 1.807) is 11.8 Å². The van der Waals surface area contributed by atoms with E-state index in [4.69, 9.17) is 4.74 Å². The van der Waals surface area contributed by atoms with Crippen molar-refractivity contribution in [2.45, 2.75) is 32.6 Å². The Bertz CT molecular complexity index is 752. The molecule has 3 rings (SSSR count). The zero-order valence-corrected chi connectivity index (χ0v) is 13.2. The van der Waals surface area contributed by atoms with Crippen molar-refractivity contribution in [3.63, 3.8) is 0 Å². The number of benzene rings is 1. The molecular formula is C17H20N2O4. The molecule has 1 aromatic carbocycles. The van der Waals surface area contributed by atoms with E-state index >= 15 is 0 Å². The van der Waals surface area contributed by atoms with E-state index in [9.17, 15) is 14.7 Å². The Kier molecular flexibility index (Phi) is 4.09. The first-order valence-corrected chi connectivity index (χ1v) is 7.76. The summed E-state index contributed by atoms with van der Waals surface area (Å²) in [6.07, 6.45) is 0.582. The molecule has 1 N–H and O–H groups in total.